The third kappa shape index (κ3) is 2.68. The Balaban J connectivity index is 1.96. The molecule has 0 bridgehead atoms. The molecule has 0 aliphatic carbocycles. The van der Waals surface area contributed by atoms with E-state index < -0.39 is 0 Å². The van der Waals surface area contributed by atoms with Crippen molar-refractivity contribution in [1.29, 1.82) is 0 Å². The van der Waals surface area contributed by atoms with Crippen molar-refractivity contribution < 1.29 is 5.11 Å². The number of fused-ring (bicyclic) bond motifs is 1. The fraction of sp³-hybridized carbons (Fsp3) is 0.455. The average Bonchev–Trinajstić information content (AvgIpc) is 2.72. The van der Waals surface area contributed by atoms with Crippen LogP contribution in [0.25, 0.3) is 10.2 Å². The number of aliphatic hydroxyl groups is 1. The third-order valence-electron chi connectivity index (χ3n) is 2.35. The van der Waals surface area contributed by atoms with E-state index >= 15 is 0 Å². The van der Waals surface area contributed by atoms with Crippen LogP contribution >= 0.6 is 11.3 Å². The zero-order valence-electron chi connectivity index (χ0n) is 9.18. The van der Waals surface area contributed by atoms with Crippen LogP contribution < -0.4 is 5.32 Å². The summed E-state index contributed by atoms with van der Waals surface area (Å²) >= 11 is 1.61. The van der Waals surface area contributed by atoms with Crippen molar-refractivity contribution in [2.24, 2.45) is 0 Å². The van der Waals surface area contributed by atoms with Gasteiger partial charge in [-0.3, -0.25) is 0 Å². The lowest BCUT2D eigenvalue weighted by atomic mass is 10.2. The SMILES string of the molecule is CC(O)CCCNc1ncnc2sccc12. The fourth-order valence-electron chi connectivity index (χ4n) is 1.54. The number of anilines is 1. The molecule has 1 unspecified atom stereocenters. The molecule has 0 fully saturated rings. The first kappa shape index (κ1) is 11.3. The molecule has 0 amide bonds. The van der Waals surface area contributed by atoms with Crippen LogP contribution in [0.4, 0.5) is 5.82 Å². The smallest absolute Gasteiger partial charge is 0.138 e. The van der Waals surface area contributed by atoms with Gasteiger partial charge >= 0.3 is 0 Å². The van der Waals surface area contributed by atoms with Crippen LogP contribution in [-0.2, 0) is 0 Å². The number of hydrogen-bond donors (Lipinski definition) is 2. The first-order valence-electron chi connectivity index (χ1n) is 5.37. The Bertz CT molecular complexity index is 455. The summed E-state index contributed by atoms with van der Waals surface area (Å²) in [6.07, 6.45) is 3.10. The van der Waals surface area contributed by atoms with Gasteiger partial charge in [0.05, 0.1) is 11.5 Å². The van der Waals surface area contributed by atoms with Gasteiger partial charge in [0, 0.05) is 6.54 Å². The van der Waals surface area contributed by atoms with E-state index in [1.165, 1.54) is 0 Å². The summed E-state index contributed by atoms with van der Waals surface area (Å²) in [7, 11) is 0. The van der Waals surface area contributed by atoms with E-state index in [2.05, 4.69) is 15.3 Å². The highest BCUT2D eigenvalue weighted by atomic mass is 32.1. The minimum absolute atomic E-state index is 0.228. The molecule has 2 aromatic rings. The molecule has 4 nitrogen and oxygen atoms in total. The van der Waals surface area contributed by atoms with Crippen LogP contribution in [0, 0.1) is 0 Å². The first-order valence-corrected chi connectivity index (χ1v) is 6.25. The molecule has 0 saturated heterocycles. The number of thiophene rings is 1. The first-order chi connectivity index (χ1) is 7.77. The molecule has 2 aromatic heterocycles. The molecule has 0 spiro atoms. The second-order valence-electron chi connectivity index (χ2n) is 3.78. The van der Waals surface area contributed by atoms with Crippen molar-refractivity contribution in [1.82, 2.24) is 9.97 Å². The van der Waals surface area contributed by atoms with Crippen molar-refractivity contribution >= 4 is 27.4 Å². The van der Waals surface area contributed by atoms with Gasteiger partial charge in [-0.15, -0.1) is 11.3 Å². The molecule has 2 N–H and O–H groups in total. The van der Waals surface area contributed by atoms with Gasteiger partial charge in [-0.2, -0.15) is 0 Å². The van der Waals surface area contributed by atoms with Crippen LogP contribution in [0.3, 0.4) is 0 Å². The van der Waals surface area contributed by atoms with Crippen LogP contribution in [0.5, 0.6) is 0 Å². The molecule has 86 valence electrons. The van der Waals surface area contributed by atoms with Crippen LogP contribution in [0.1, 0.15) is 19.8 Å². The molecule has 0 saturated carbocycles. The Kier molecular flexibility index (Phi) is 3.69. The van der Waals surface area contributed by atoms with E-state index in [1.54, 1.807) is 17.7 Å². The molecule has 0 aliphatic heterocycles. The Labute approximate surface area is 98.4 Å². The quantitative estimate of drug-likeness (QED) is 0.783. The zero-order chi connectivity index (χ0) is 11.4. The second-order valence-corrected chi connectivity index (χ2v) is 4.67. The Morgan fingerprint density at radius 1 is 1.50 bits per heavy atom. The average molecular weight is 237 g/mol. The van der Waals surface area contributed by atoms with Gasteiger partial charge in [0.2, 0.25) is 0 Å². The van der Waals surface area contributed by atoms with Crippen molar-refractivity contribution in [2.75, 3.05) is 11.9 Å². The fourth-order valence-corrected chi connectivity index (χ4v) is 2.27. The van der Waals surface area contributed by atoms with E-state index in [0.29, 0.717) is 0 Å². The van der Waals surface area contributed by atoms with Gasteiger partial charge in [0.25, 0.3) is 0 Å². The number of aromatic nitrogens is 2. The second kappa shape index (κ2) is 5.23. The van der Waals surface area contributed by atoms with Crippen molar-refractivity contribution in [3.63, 3.8) is 0 Å². The maximum Gasteiger partial charge on any atom is 0.138 e. The van der Waals surface area contributed by atoms with Crippen molar-refractivity contribution in [2.45, 2.75) is 25.9 Å². The zero-order valence-corrected chi connectivity index (χ0v) is 10.00. The summed E-state index contributed by atoms with van der Waals surface area (Å²) in [5, 5.41) is 15.5. The number of nitrogens with one attached hydrogen (secondary N) is 1. The van der Waals surface area contributed by atoms with Crippen LogP contribution in [0.2, 0.25) is 0 Å². The van der Waals surface area contributed by atoms with Gasteiger partial charge in [0.1, 0.15) is 17.0 Å². The lowest BCUT2D eigenvalue weighted by Gasteiger charge is -2.07. The predicted molar refractivity (Wildman–Crippen MR) is 66.8 cm³/mol. The molecular formula is C11H15N3OS. The molecule has 5 heteroatoms. The van der Waals surface area contributed by atoms with Gasteiger partial charge in [-0.25, -0.2) is 9.97 Å². The summed E-state index contributed by atoms with van der Waals surface area (Å²) in [4.78, 5) is 9.41. The summed E-state index contributed by atoms with van der Waals surface area (Å²) in [6.45, 7) is 2.63. The Morgan fingerprint density at radius 3 is 3.19 bits per heavy atom. The molecule has 0 radical (unpaired) electrons. The largest absolute Gasteiger partial charge is 0.393 e. The van der Waals surface area contributed by atoms with Gasteiger partial charge < -0.3 is 10.4 Å². The molecular weight excluding hydrogens is 222 g/mol. The molecule has 0 aromatic carbocycles. The molecule has 2 heterocycles. The van der Waals surface area contributed by atoms with E-state index in [0.717, 1.165) is 35.4 Å². The third-order valence-corrected chi connectivity index (χ3v) is 3.17. The molecule has 16 heavy (non-hydrogen) atoms. The van der Waals surface area contributed by atoms with E-state index in [9.17, 15) is 0 Å². The highest BCUT2D eigenvalue weighted by Crippen LogP contribution is 2.23. The predicted octanol–water partition coefficient (Wildman–Crippen LogP) is 2.26. The highest BCUT2D eigenvalue weighted by Gasteiger charge is 2.03. The lowest BCUT2D eigenvalue weighted by Crippen LogP contribution is -2.07. The number of nitrogens with zero attached hydrogens (tertiary/aromatic N) is 2. The summed E-state index contributed by atoms with van der Waals surface area (Å²) in [5.74, 6) is 0.886. The van der Waals surface area contributed by atoms with Crippen molar-refractivity contribution in [3.8, 4) is 0 Å². The maximum atomic E-state index is 9.14. The topological polar surface area (TPSA) is 58.0 Å². The van der Waals surface area contributed by atoms with E-state index in [1.807, 2.05) is 18.4 Å². The minimum Gasteiger partial charge on any atom is -0.393 e. The Morgan fingerprint density at radius 2 is 2.38 bits per heavy atom. The molecule has 2 rings (SSSR count). The van der Waals surface area contributed by atoms with E-state index in [-0.39, 0.29) is 6.10 Å². The lowest BCUT2D eigenvalue weighted by molar-refractivity contribution is 0.183. The van der Waals surface area contributed by atoms with Crippen molar-refractivity contribution in [3.05, 3.63) is 17.8 Å². The Hall–Kier alpha value is -1.20. The maximum absolute atomic E-state index is 9.14. The van der Waals surface area contributed by atoms with Gasteiger partial charge in [0.15, 0.2) is 0 Å². The normalized spacial score (nSPS) is 12.9. The number of hydrogen-bond acceptors (Lipinski definition) is 5. The minimum atomic E-state index is -0.228. The molecule has 0 aliphatic rings. The summed E-state index contributed by atoms with van der Waals surface area (Å²) in [5.41, 5.74) is 0. The van der Waals surface area contributed by atoms with Gasteiger partial charge in [-0.05, 0) is 31.2 Å². The highest BCUT2D eigenvalue weighted by molar-refractivity contribution is 7.16. The summed E-state index contributed by atoms with van der Waals surface area (Å²) < 4.78 is 0. The van der Waals surface area contributed by atoms with Crippen LogP contribution in [0.15, 0.2) is 17.8 Å². The van der Waals surface area contributed by atoms with E-state index in [4.69, 9.17) is 5.11 Å². The molecule has 1 atom stereocenters. The van der Waals surface area contributed by atoms with Gasteiger partial charge in [-0.1, -0.05) is 0 Å². The van der Waals surface area contributed by atoms with Crippen LogP contribution in [-0.4, -0.2) is 27.7 Å². The number of aliphatic hydroxyl groups excluding tert-OH is 1. The number of rotatable bonds is 5. The monoisotopic (exact) mass is 237 g/mol. The standard InChI is InChI=1S/C11H15N3OS/c1-8(15)3-2-5-12-10-9-4-6-16-11(9)14-7-13-10/h4,6-8,15H,2-3,5H2,1H3,(H,12,13,14). The summed E-state index contributed by atoms with van der Waals surface area (Å²) in [6, 6.07) is 2.02.